The molecule has 0 fully saturated rings. The molecule has 2 rings (SSSR count). The van der Waals surface area contributed by atoms with Crippen molar-refractivity contribution in [3.8, 4) is 11.5 Å². The lowest BCUT2D eigenvalue weighted by Gasteiger charge is -2.21. The Hall–Kier alpha value is -1.75. The molecule has 1 aromatic rings. The van der Waals surface area contributed by atoms with E-state index in [9.17, 15) is 4.79 Å². The van der Waals surface area contributed by atoms with E-state index >= 15 is 0 Å². The van der Waals surface area contributed by atoms with Gasteiger partial charge < -0.3 is 20.5 Å². The first kappa shape index (κ1) is 13.7. The van der Waals surface area contributed by atoms with Gasteiger partial charge in [0.25, 0.3) is 5.91 Å². The smallest absolute Gasteiger partial charge is 0.255 e. The van der Waals surface area contributed by atoms with Gasteiger partial charge in [0.1, 0.15) is 13.2 Å². The first-order valence-electron chi connectivity index (χ1n) is 6.52. The molecule has 0 spiro atoms. The van der Waals surface area contributed by atoms with Crippen molar-refractivity contribution in [3.05, 3.63) is 23.8 Å². The molecule has 0 aliphatic carbocycles. The summed E-state index contributed by atoms with van der Waals surface area (Å²) in [7, 11) is 0. The Bertz CT molecular complexity index is 460. The van der Waals surface area contributed by atoms with E-state index in [1.807, 2.05) is 13.8 Å². The molecule has 1 atom stereocenters. The van der Waals surface area contributed by atoms with Crippen LogP contribution in [-0.4, -0.2) is 31.7 Å². The summed E-state index contributed by atoms with van der Waals surface area (Å²) in [6.45, 7) is 5.47. The van der Waals surface area contributed by atoms with Gasteiger partial charge in [0.2, 0.25) is 0 Å². The molecule has 1 aliphatic heterocycles. The van der Waals surface area contributed by atoms with Crippen LogP contribution >= 0.6 is 0 Å². The first-order valence-corrected chi connectivity index (χ1v) is 6.52. The molecular weight excluding hydrogens is 244 g/mol. The third-order valence-electron chi connectivity index (χ3n) is 3.17. The standard InChI is InChI=1S/C14H20N2O3/c1-9(2)11(15)8-16-14(17)10-4-3-5-12-13(10)19-7-6-18-12/h3-5,9,11H,6-8,15H2,1-2H3,(H,16,17). The molecule has 0 saturated carbocycles. The molecule has 5 nitrogen and oxygen atoms in total. The van der Waals surface area contributed by atoms with Crippen molar-refractivity contribution in [2.45, 2.75) is 19.9 Å². The molecule has 5 heteroatoms. The summed E-state index contributed by atoms with van der Waals surface area (Å²) in [5.41, 5.74) is 6.40. The molecule has 0 bridgehead atoms. The predicted molar refractivity (Wildman–Crippen MR) is 72.6 cm³/mol. The lowest BCUT2D eigenvalue weighted by molar-refractivity contribution is 0.0938. The maximum Gasteiger partial charge on any atom is 0.255 e. The van der Waals surface area contributed by atoms with Crippen molar-refractivity contribution in [2.24, 2.45) is 11.7 Å². The van der Waals surface area contributed by atoms with Crippen LogP contribution in [0.3, 0.4) is 0 Å². The highest BCUT2D eigenvalue weighted by atomic mass is 16.6. The Morgan fingerprint density at radius 3 is 2.84 bits per heavy atom. The van der Waals surface area contributed by atoms with Crippen molar-refractivity contribution in [2.75, 3.05) is 19.8 Å². The van der Waals surface area contributed by atoms with E-state index in [0.717, 1.165) is 0 Å². The molecule has 1 heterocycles. The van der Waals surface area contributed by atoms with Crippen LogP contribution in [0.5, 0.6) is 11.5 Å². The van der Waals surface area contributed by atoms with Crippen molar-refractivity contribution in [3.63, 3.8) is 0 Å². The second-order valence-corrected chi connectivity index (χ2v) is 4.95. The number of hydrogen-bond donors (Lipinski definition) is 2. The van der Waals surface area contributed by atoms with Crippen molar-refractivity contribution in [1.29, 1.82) is 0 Å². The minimum Gasteiger partial charge on any atom is -0.486 e. The van der Waals surface area contributed by atoms with Gasteiger partial charge in [-0.1, -0.05) is 19.9 Å². The van der Waals surface area contributed by atoms with E-state index in [2.05, 4.69) is 5.32 Å². The van der Waals surface area contributed by atoms with Gasteiger partial charge in [0.05, 0.1) is 5.56 Å². The molecule has 1 amide bonds. The number of ether oxygens (including phenoxy) is 2. The molecule has 1 aromatic carbocycles. The van der Waals surface area contributed by atoms with Gasteiger partial charge in [-0.05, 0) is 18.1 Å². The highest BCUT2D eigenvalue weighted by Crippen LogP contribution is 2.33. The minimum atomic E-state index is -0.182. The van der Waals surface area contributed by atoms with Gasteiger partial charge >= 0.3 is 0 Å². The Morgan fingerprint density at radius 2 is 2.11 bits per heavy atom. The van der Waals surface area contributed by atoms with Gasteiger partial charge in [0, 0.05) is 12.6 Å². The normalized spacial score (nSPS) is 15.2. The fraction of sp³-hybridized carbons (Fsp3) is 0.500. The maximum absolute atomic E-state index is 12.1. The van der Waals surface area contributed by atoms with Gasteiger partial charge in [-0.3, -0.25) is 4.79 Å². The zero-order valence-electron chi connectivity index (χ0n) is 11.3. The quantitative estimate of drug-likeness (QED) is 0.856. The van der Waals surface area contributed by atoms with E-state index < -0.39 is 0 Å². The number of rotatable bonds is 4. The summed E-state index contributed by atoms with van der Waals surface area (Å²) in [6.07, 6.45) is 0. The van der Waals surface area contributed by atoms with Crippen LogP contribution in [0.2, 0.25) is 0 Å². The third-order valence-corrected chi connectivity index (χ3v) is 3.17. The number of hydrogen-bond acceptors (Lipinski definition) is 4. The summed E-state index contributed by atoms with van der Waals surface area (Å²) < 4.78 is 11.0. The Labute approximate surface area is 113 Å². The molecular formula is C14H20N2O3. The molecule has 0 radical (unpaired) electrons. The number of fused-ring (bicyclic) bond motifs is 1. The Kier molecular flexibility index (Phi) is 4.27. The molecule has 0 saturated heterocycles. The number of carbonyl (C=O) groups excluding carboxylic acids is 1. The van der Waals surface area contributed by atoms with Crippen LogP contribution in [-0.2, 0) is 0 Å². The Morgan fingerprint density at radius 1 is 1.37 bits per heavy atom. The van der Waals surface area contributed by atoms with Gasteiger partial charge in [0.15, 0.2) is 11.5 Å². The summed E-state index contributed by atoms with van der Waals surface area (Å²) in [4.78, 5) is 12.1. The second-order valence-electron chi connectivity index (χ2n) is 4.95. The third kappa shape index (κ3) is 3.17. The molecule has 19 heavy (non-hydrogen) atoms. The van der Waals surface area contributed by atoms with Gasteiger partial charge in [-0.2, -0.15) is 0 Å². The van der Waals surface area contributed by atoms with Crippen molar-refractivity contribution in [1.82, 2.24) is 5.32 Å². The summed E-state index contributed by atoms with van der Waals surface area (Å²) in [5, 5.41) is 2.83. The number of para-hydroxylation sites is 1. The monoisotopic (exact) mass is 264 g/mol. The average Bonchev–Trinajstić information content (AvgIpc) is 2.43. The van der Waals surface area contributed by atoms with Crippen LogP contribution < -0.4 is 20.5 Å². The lowest BCUT2D eigenvalue weighted by Crippen LogP contribution is -2.40. The largest absolute Gasteiger partial charge is 0.486 e. The zero-order chi connectivity index (χ0) is 13.8. The molecule has 1 aliphatic rings. The summed E-state index contributed by atoms with van der Waals surface area (Å²) in [6, 6.07) is 5.25. The van der Waals surface area contributed by atoms with Crippen molar-refractivity contribution < 1.29 is 14.3 Å². The Balaban J connectivity index is 2.07. The number of carbonyl (C=O) groups is 1. The maximum atomic E-state index is 12.1. The second kappa shape index (κ2) is 5.93. The van der Waals surface area contributed by atoms with Crippen LogP contribution in [0, 0.1) is 5.92 Å². The molecule has 1 unspecified atom stereocenters. The zero-order valence-corrected chi connectivity index (χ0v) is 11.3. The van der Waals surface area contributed by atoms with E-state index in [-0.39, 0.29) is 11.9 Å². The predicted octanol–water partition coefficient (Wildman–Crippen LogP) is 1.17. The number of nitrogens with one attached hydrogen (secondary N) is 1. The lowest BCUT2D eigenvalue weighted by atomic mass is 10.1. The van der Waals surface area contributed by atoms with Gasteiger partial charge in [-0.25, -0.2) is 0 Å². The van der Waals surface area contributed by atoms with Crippen LogP contribution in [0.1, 0.15) is 24.2 Å². The first-order chi connectivity index (χ1) is 9.09. The fourth-order valence-electron chi connectivity index (χ4n) is 1.79. The van der Waals surface area contributed by atoms with E-state index in [1.54, 1.807) is 18.2 Å². The SMILES string of the molecule is CC(C)C(N)CNC(=O)c1cccc2c1OCCO2. The summed E-state index contributed by atoms with van der Waals surface area (Å²) >= 11 is 0. The average molecular weight is 264 g/mol. The van der Waals surface area contributed by atoms with E-state index in [4.69, 9.17) is 15.2 Å². The highest BCUT2D eigenvalue weighted by Gasteiger charge is 2.20. The molecule has 0 aromatic heterocycles. The highest BCUT2D eigenvalue weighted by molar-refractivity contribution is 5.97. The number of amides is 1. The van der Waals surface area contributed by atoms with E-state index in [1.165, 1.54) is 0 Å². The number of benzene rings is 1. The van der Waals surface area contributed by atoms with E-state index in [0.29, 0.717) is 42.7 Å². The summed E-state index contributed by atoms with van der Waals surface area (Å²) in [5.74, 6) is 1.28. The topological polar surface area (TPSA) is 73.6 Å². The van der Waals surface area contributed by atoms with Crippen molar-refractivity contribution >= 4 is 5.91 Å². The van der Waals surface area contributed by atoms with Crippen LogP contribution in [0.25, 0.3) is 0 Å². The number of nitrogens with two attached hydrogens (primary N) is 1. The molecule has 3 N–H and O–H groups in total. The van der Waals surface area contributed by atoms with Crippen LogP contribution in [0.4, 0.5) is 0 Å². The van der Waals surface area contributed by atoms with Gasteiger partial charge in [-0.15, -0.1) is 0 Å². The van der Waals surface area contributed by atoms with Crippen LogP contribution in [0.15, 0.2) is 18.2 Å². The minimum absolute atomic E-state index is 0.0549. The fourth-order valence-corrected chi connectivity index (χ4v) is 1.79. The molecule has 104 valence electrons.